The Kier molecular flexibility index (Phi) is 6.41. The first-order valence-electron chi connectivity index (χ1n) is 9.36. The SMILES string of the molecule is CCNC(=NCc1ccc(C)c(F)c1)NCCCc1nc2ccccc2[nH]1. The lowest BCUT2D eigenvalue weighted by Gasteiger charge is -2.11. The van der Waals surface area contributed by atoms with Gasteiger partial charge in [-0.3, -0.25) is 0 Å². The second-order valence-corrected chi connectivity index (χ2v) is 6.51. The van der Waals surface area contributed by atoms with Crippen molar-refractivity contribution in [3.8, 4) is 0 Å². The number of hydrogen-bond donors (Lipinski definition) is 3. The molecule has 0 saturated carbocycles. The zero-order valence-electron chi connectivity index (χ0n) is 15.8. The fourth-order valence-corrected chi connectivity index (χ4v) is 2.83. The monoisotopic (exact) mass is 367 g/mol. The standard InChI is InChI=1S/C21H26FN5/c1-3-23-21(25-14-16-11-10-15(2)17(22)13-16)24-12-6-9-20-26-18-7-4-5-8-19(18)27-20/h4-5,7-8,10-11,13H,3,6,9,12,14H2,1-2H3,(H,26,27)(H2,23,24,25). The third-order valence-corrected chi connectivity index (χ3v) is 4.32. The summed E-state index contributed by atoms with van der Waals surface area (Å²) in [5, 5.41) is 6.55. The average molecular weight is 367 g/mol. The summed E-state index contributed by atoms with van der Waals surface area (Å²) in [6.45, 7) is 5.78. The molecular formula is C21H26FN5. The maximum atomic E-state index is 13.6. The van der Waals surface area contributed by atoms with Crippen molar-refractivity contribution in [3.63, 3.8) is 0 Å². The lowest BCUT2D eigenvalue weighted by atomic mass is 10.1. The number of imidazole rings is 1. The molecule has 3 N–H and O–H groups in total. The predicted molar refractivity (Wildman–Crippen MR) is 108 cm³/mol. The molecule has 0 aliphatic rings. The first-order valence-corrected chi connectivity index (χ1v) is 9.36. The summed E-state index contributed by atoms with van der Waals surface area (Å²) in [5.74, 6) is 1.55. The van der Waals surface area contributed by atoms with Crippen molar-refractivity contribution in [2.75, 3.05) is 13.1 Å². The highest BCUT2D eigenvalue weighted by molar-refractivity contribution is 5.79. The Morgan fingerprint density at radius 1 is 1.19 bits per heavy atom. The van der Waals surface area contributed by atoms with E-state index in [9.17, 15) is 4.39 Å². The van der Waals surface area contributed by atoms with Gasteiger partial charge in [0.25, 0.3) is 0 Å². The second kappa shape index (κ2) is 9.16. The Bertz CT molecular complexity index is 883. The van der Waals surface area contributed by atoms with Gasteiger partial charge in [-0.2, -0.15) is 0 Å². The normalized spacial score (nSPS) is 11.7. The number of fused-ring (bicyclic) bond motifs is 1. The Hall–Kier alpha value is -2.89. The van der Waals surface area contributed by atoms with E-state index in [2.05, 4.69) is 25.6 Å². The number of aromatic amines is 1. The highest BCUT2D eigenvalue weighted by atomic mass is 19.1. The molecule has 0 unspecified atom stereocenters. The Labute approximate surface area is 159 Å². The van der Waals surface area contributed by atoms with Crippen molar-refractivity contribution < 1.29 is 4.39 Å². The number of nitrogens with one attached hydrogen (secondary N) is 3. The van der Waals surface area contributed by atoms with Gasteiger partial charge in [-0.1, -0.05) is 24.3 Å². The lowest BCUT2D eigenvalue weighted by Crippen LogP contribution is -2.37. The van der Waals surface area contributed by atoms with Gasteiger partial charge in [0, 0.05) is 19.5 Å². The van der Waals surface area contributed by atoms with Gasteiger partial charge in [0.15, 0.2) is 5.96 Å². The van der Waals surface area contributed by atoms with Crippen molar-refractivity contribution >= 4 is 17.0 Å². The number of aromatic nitrogens is 2. The summed E-state index contributed by atoms with van der Waals surface area (Å²) in [6.07, 6.45) is 1.80. The van der Waals surface area contributed by atoms with Gasteiger partial charge in [0.1, 0.15) is 11.6 Å². The van der Waals surface area contributed by atoms with Crippen LogP contribution in [0.25, 0.3) is 11.0 Å². The van der Waals surface area contributed by atoms with Gasteiger partial charge in [0.05, 0.1) is 17.6 Å². The Morgan fingerprint density at radius 2 is 2.04 bits per heavy atom. The molecule has 0 bridgehead atoms. The Balaban J connectivity index is 1.50. The molecule has 0 aliphatic heterocycles. The highest BCUT2D eigenvalue weighted by Gasteiger charge is 2.03. The van der Waals surface area contributed by atoms with Crippen LogP contribution in [0, 0.1) is 12.7 Å². The van der Waals surface area contributed by atoms with Crippen LogP contribution in [0.15, 0.2) is 47.5 Å². The fraction of sp³-hybridized carbons (Fsp3) is 0.333. The van der Waals surface area contributed by atoms with Crippen LogP contribution in [0.2, 0.25) is 0 Å². The first-order chi connectivity index (χ1) is 13.2. The summed E-state index contributed by atoms with van der Waals surface area (Å²) >= 11 is 0. The average Bonchev–Trinajstić information content (AvgIpc) is 3.08. The molecule has 0 spiro atoms. The van der Waals surface area contributed by atoms with Gasteiger partial charge < -0.3 is 15.6 Å². The summed E-state index contributed by atoms with van der Waals surface area (Å²) in [5.41, 5.74) is 3.58. The predicted octanol–water partition coefficient (Wildman–Crippen LogP) is 3.70. The zero-order chi connectivity index (χ0) is 19.1. The van der Waals surface area contributed by atoms with Crippen molar-refractivity contribution in [2.24, 2.45) is 4.99 Å². The van der Waals surface area contributed by atoms with Crippen LogP contribution in [0.1, 0.15) is 30.3 Å². The summed E-state index contributed by atoms with van der Waals surface area (Å²) in [6, 6.07) is 13.3. The zero-order valence-corrected chi connectivity index (χ0v) is 15.8. The number of nitrogens with zero attached hydrogens (tertiary/aromatic N) is 2. The molecule has 3 aromatic rings. The van der Waals surface area contributed by atoms with E-state index in [4.69, 9.17) is 0 Å². The lowest BCUT2D eigenvalue weighted by molar-refractivity contribution is 0.616. The molecule has 3 rings (SSSR count). The number of benzene rings is 2. The van der Waals surface area contributed by atoms with Crippen LogP contribution < -0.4 is 10.6 Å². The molecule has 142 valence electrons. The molecule has 0 fully saturated rings. The van der Waals surface area contributed by atoms with E-state index >= 15 is 0 Å². The van der Waals surface area contributed by atoms with Crippen molar-refractivity contribution in [2.45, 2.75) is 33.2 Å². The summed E-state index contributed by atoms with van der Waals surface area (Å²) in [7, 11) is 0. The minimum atomic E-state index is -0.188. The van der Waals surface area contributed by atoms with Gasteiger partial charge in [-0.05, 0) is 49.6 Å². The van der Waals surface area contributed by atoms with E-state index in [1.54, 1.807) is 19.1 Å². The van der Waals surface area contributed by atoms with Crippen LogP contribution >= 0.6 is 0 Å². The molecule has 0 amide bonds. The minimum Gasteiger partial charge on any atom is -0.357 e. The maximum absolute atomic E-state index is 13.6. The molecule has 0 saturated heterocycles. The van der Waals surface area contributed by atoms with E-state index in [1.807, 2.05) is 37.3 Å². The number of halogens is 1. The smallest absolute Gasteiger partial charge is 0.191 e. The maximum Gasteiger partial charge on any atom is 0.191 e. The molecule has 0 aliphatic carbocycles. The number of H-pyrrole nitrogens is 1. The molecule has 27 heavy (non-hydrogen) atoms. The van der Waals surface area contributed by atoms with E-state index in [-0.39, 0.29) is 5.82 Å². The van der Waals surface area contributed by atoms with Gasteiger partial charge in [-0.15, -0.1) is 0 Å². The third-order valence-electron chi connectivity index (χ3n) is 4.32. The molecule has 1 heterocycles. The van der Waals surface area contributed by atoms with Crippen LogP contribution in [0.5, 0.6) is 0 Å². The number of aliphatic imine (C=N–C) groups is 1. The van der Waals surface area contributed by atoms with Crippen LogP contribution in [-0.4, -0.2) is 29.0 Å². The van der Waals surface area contributed by atoms with Crippen molar-refractivity contribution in [3.05, 3.63) is 65.2 Å². The van der Waals surface area contributed by atoms with Gasteiger partial charge >= 0.3 is 0 Å². The fourth-order valence-electron chi connectivity index (χ4n) is 2.83. The summed E-state index contributed by atoms with van der Waals surface area (Å²) in [4.78, 5) is 12.5. The number of guanidine groups is 1. The largest absolute Gasteiger partial charge is 0.357 e. The van der Waals surface area contributed by atoms with Crippen LogP contribution in [0.3, 0.4) is 0 Å². The van der Waals surface area contributed by atoms with Crippen LogP contribution in [-0.2, 0) is 13.0 Å². The van der Waals surface area contributed by atoms with Crippen LogP contribution in [0.4, 0.5) is 4.39 Å². The summed E-state index contributed by atoms with van der Waals surface area (Å²) < 4.78 is 13.6. The molecule has 0 radical (unpaired) electrons. The minimum absolute atomic E-state index is 0.188. The molecule has 1 aromatic heterocycles. The molecule has 5 nitrogen and oxygen atoms in total. The van der Waals surface area contributed by atoms with E-state index in [0.29, 0.717) is 12.1 Å². The van der Waals surface area contributed by atoms with Crippen molar-refractivity contribution in [1.29, 1.82) is 0 Å². The first kappa shape index (κ1) is 18.9. The second-order valence-electron chi connectivity index (χ2n) is 6.51. The number of hydrogen-bond acceptors (Lipinski definition) is 2. The van der Waals surface area contributed by atoms with E-state index < -0.39 is 0 Å². The van der Waals surface area contributed by atoms with Crippen molar-refractivity contribution in [1.82, 2.24) is 20.6 Å². The topological polar surface area (TPSA) is 65.1 Å². The van der Waals surface area contributed by atoms with Gasteiger partial charge in [-0.25, -0.2) is 14.4 Å². The Morgan fingerprint density at radius 3 is 2.81 bits per heavy atom. The molecular weight excluding hydrogens is 341 g/mol. The highest BCUT2D eigenvalue weighted by Crippen LogP contribution is 2.11. The van der Waals surface area contributed by atoms with E-state index in [1.165, 1.54) is 0 Å². The van der Waals surface area contributed by atoms with Gasteiger partial charge in [0.2, 0.25) is 0 Å². The number of aryl methyl sites for hydroxylation is 2. The van der Waals surface area contributed by atoms with E-state index in [0.717, 1.165) is 54.3 Å². The number of para-hydroxylation sites is 2. The quantitative estimate of drug-likeness (QED) is 0.339. The molecule has 0 atom stereocenters. The third kappa shape index (κ3) is 5.29. The number of rotatable bonds is 7. The molecule has 2 aromatic carbocycles. The molecule has 6 heteroatoms.